The first-order chi connectivity index (χ1) is 11.2. The van der Waals surface area contributed by atoms with Gasteiger partial charge in [0.2, 0.25) is 10.0 Å². The minimum atomic E-state index is -3.13. The number of anilines is 1. The van der Waals surface area contributed by atoms with Crippen LogP contribution in [0.1, 0.15) is 27.2 Å². The van der Waals surface area contributed by atoms with Crippen LogP contribution in [0.2, 0.25) is 0 Å². The molecule has 0 aliphatic rings. The summed E-state index contributed by atoms with van der Waals surface area (Å²) in [7, 11) is -1.56. The van der Waals surface area contributed by atoms with E-state index in [9.17, 15) is 8.42 Å². The molecule has 9 heteroatoms. The lowest BCUT2D eigenvalue weighted by atomic mass is 10.3. The second-order valence-corrected chi connectivity index (χ2v) is 8.02. The average molecular weight is 484 g/mol. The Labute approximate surface area is 168 Å². The van der Waals surface area contributed by atoms with Crippen molar-refractivity contribution in [1.82, 2.24) is 4.31 Å². The Kier molecular flexibility index (Phi) is 11.0. The van der Waals surface area contributed by atoms with Crippen molar-refractivity contribution < 1.29 is 13.2 Å². The number of nitrogens with one attached hydrogen (secondary N) is 1. The van der Waals surface area contributed by atoms with E-state index in [2.05, 4.69) is 10.3 Å². The number of nitrogens with zero attached hydrogens (tertiary/aromatic N) is 2. The van der Waals surface area contributed by atoms with Gasteiger partial charge in [-0.3, -0.25) is 4.99 Å². The number of halogens is 1. The molecule has 0 spiro atoms. The summed E-state index contributed by atoms with van der Waals surface area (Å²) in [6, 6.07) is 7.45. The Bertz CT molecular complexity index is 633. The van der Waals surface area contributed by atoms with Gasteiger partial charge < -0.3 is 15.8 Å². The van der Waals surface area contributed by atoms with Gasteiger partial charge >= 0.3 is 0 Å². The molecule has 0 fully saturated rings. The van der Waals surface area contributed by atoms with E-state index >= 15 is 0 Å². The zero-order valence-corrected chi connectivity index (χ0v) is 18.4. The van der Waals surface area contributed by atoms with Crippen LogP contribution in [-0.4, -0.2) is 50.7 Å². The van der Waals surface area contributed by atoms with Gasteiger partial charge in [0, 0.05) is 25.8 Å². The molecule has 0 atom stereocenters. The van der Waals surface area contributed by atoms with Crippen molar-refractivity contribution >= 4 is 45.6 Å². The highest BCUT2D eigenvalue weighted by Crippen LogP contribution is 2.16. The lowest BCUT2D eigenvalue weighted by molar-refractivity contribution is 0.242. The van der Waals surface area contributed by atoms with Crippen molar-refractivity contribution in [1.29, 1.82) is 0 Å². The lowest BCUT2D eigenvalue weighted by Crippen LogP contribution is -2.30. The summed E-state index contributed by atoms with van der Waals surface area (Å²) < 4.78 is 30.1. The fourth-order valence-electron chi connectivity index (χ4n) is 1.93. The van der Waals surface area contributed by atoms with Crippen LogP contribution in [0.15, 0.2) is 29.3 Å². The third-order valence-corrected chi connectivity index (χ3v) is 5.11. The van der Waals surface area contributed by atoms with Gasteiger partial charge in [-0.1, -0.05) is 0 Å². The molecule has 0 unspecified atom stereocenters. The van der Waals surface area contributed by atoms with Crippen molar-refractivity contribution in [3.8, 4) is 5.75 Å². The number of hydrogen-bond acceptors (Lipinski definition) is 4. The van der Waals surface area contributed by atoms with Gasteiger partial charge in [0.05, 0.1) is 11.9 Å². The molecule has 0 heterocycles. The van der Waals surface area contributed by atoms with E-state index in [4.69, 9.17) is 10.5 Å². The van der Waals surface area contributed by atoms with Crippen molar-refractivity contribution in [2.24, 2.45) is 10.7 Å². The molecule has 0 bridgehead atoms. The summed E-state index contributed by atoms with van der Waals surface area (Å²) in [5.41, 5.74) is 6.65. The standard InChI is InChI=1S/C16H28N4O3S.HI/c1-5-24(21,22)20(4)12-6-11-18-16(17)19-14-7-9-15(10-8-14)23-13(2)3;/h7-10,13H,5-6,11-12H2,1-4H3,(H3,17,18,19);1H. The molecule has 3 N–H and O–H groups in total. The Balaban J connectivity index is 0.00000576. The molecule has 0 amide bonds. The SMILES string of the molecule is CCS(=O)(=O)N(C)CCCN=C(N)Nc1ccc(OC(C)C)cc1.I. The van der Waals surface area contributed by atoms with Crippen LogP contribution in [0.25, 0.3) is 0 Å². The highest BCUT2D eigenvalue weighted by Gasteiger charge is 2.13. The fraction of sp³-hybridized carbons (Fsp3) is 0.562. The predicted octanol–water partition coefficient (Wildman–Crippen LogP) is 2.49. The first-order valence-corrected chi connectivity index (χ1v) is 9.63. The molecule has 0 aliphatic carbocycles. The highest BCUT2D eigenvalue weighted by atomic mass is 127. The maximum Gasteiger partial charge on any atom is 0.213 e. The number of ether oxygens (including phenoxy) is 1. The first-order valence-electron chi connectivity index (χ1n) is 8.02. The van der Waals surface area contributed by atoms with Gasteiger partial charge in [-0.05, 0) is 51.5 Å². The Morgan fingerprint density at radius 3 is 2.44 bits per heavy atom. The molecule has 25 heavy (non-hydrogen) atoms. The zero-order chi connectivity index (χ0) is 18.2. The van der Waals surface area contributed by atoms with Gasteiger partial charge in [-0.2, -0.15) is 0 Å². The van der Waals surface area contributed by atoms with E-state index in [-0.39, 0.29) is 35.8 Å². The molecule has 1 aromatic carbocycles. The third-order valence-electron chi connectivity index (χ3n) is 3.25. The van der Waals surface area contributed by atoms with Crippen LogP contribution in [-0.2, 0) is 10.0 Å². The van der Waals surface area contributed by atoms with E-state index in [0.29, 0.717) is 25.5 Å². The minimum absolute atomic E-state index is 0. The van der Waals surface area contributed by atoms with Gasteiger partial charge in [0.1, 0.15) is 5.75 Å². The second kappa shape index (κ2) is 11.5. The molecule has 7 nitrogen and oxygen atoms in total. The summed E-state index contributed by atoms with van der Waals surface area (Å²) in [6.45, 7) is 6.45. The maximum absolute atomic E-state index is 11.6. The van der Waals surface area contributed by atoms with Crippen LogP contribution in [0.4, 0.5) is 5.69 Å². The van der Waals surface area contributed by atoms with Gasteiger partial charge in [0.25, 0.3) is 0 Å². The monoisotopic (exact) mass is 484 g/mol. The molecule has 0 aliphatic heterocycles. The second-order valence-electron chi connectivity index (χ2n) is 5.66. The van der Waals surface area contributed by atoms with Crippen LogP contribution in [0, 0.1) is 0 Å². The fourth-order valence-corrected chi connectivity index (χ4v) is 2.78. The quantitative estimate of drug-likeness (QED) is 0.243. The smallest absolute Gasteiger partial charge is 0.213 e. The van der Waals surface area contributed by atoms with E-state index in [1.165, 1.54) is 4.31 Å². The third kappa shape index (κ3) is 9.26. The van der Waals surface area contributed by atoms with Crippen LogP contribution in [0.5, 0.6) is 5.75 Å². The Morgan fingerprint density at radius 2 is 1.92 bits per heavy atom. The minimum Gasteiger partial charge on any atom is -0.491 e. The summed E-state index contributed by atoms with van der Waals surface area (Å²) in [6.07, 6.45) is 0.740. The number of benzene rings is 1. The van der Waals surface area contributed by atoms with Gasteiger partial charge in [-0.25, -0.2) is 12.7 Å². The van der Waals surface area contributed by atoms with Crippen LogP contribution < -0.4 is 15.8 Å². The summed E-state index contributed by atoms with van der Waals surface area (Å²) in [5.74, 6) is 1.20. The summed E-state index contributed by atoms with van der Waals surface area (Å²) >= 11 is 0. The normalized spacial score (nSPS) is 12.2. The van der Waals surface area contributed by atoms with Crippen molar-refractivity contribution in [3.63, 3.8) is 0 Å². The molecule has 1 aromatic rings. The van der Waals surface area contributed by atoms with Crippen LogP contribution >= 0.6 is 24.0 Å². The molecule has 1 rings (SSSR count). The molecule has 0 radical (unpaired) electrons. The number of guanidine groups is 1. The number of hydrogen-bond donors (Lipinski definition) is 2. The van der Waals surface area contributed by atoms with Crippen molar-refractivity contribution in [2.75, 3.05) is 31.2 Å². The highest BCUT2D eigenvalue weighted by molar-refractivity contribution is 14.0. The molecular formula is C16H29IN4O3S. The largest absolute Gasteiger partial charge is 0.491 e. The van der Waals surface area contributed by atoms with E-state index in [0.717, 1.165) is 11.4 Å². The van der Waals surface area contributed by atoms with E-state index < -0.39 is 10.0 Å². The summed E-state index contributed by atoms with van der Waals surface area (Å²) in [5, 5.41) is 2.99. The zero-order valence-electron chi connectivity index (χ0n) is 15.2. The number of rotatable bonds is 9. The topological polar surface area (TPSA) is 97.0 Å². The van der Waals surface area contributed by atoms with Crippen molar-refractivity contribution in [2.45, 2.75) is 33.3 Å². The Hall–Kier alpha value is -1.07. The van der Waals surface area contributed by atoms with Crippen LogP contribution in [0.3, 0.4) is 0 Å². The van der Waals surface area contributed by atoms with Gasteiger partial charge in [-0.15, -0.1) is 24.0 Å². The molecule has 0 saturated carbocycles. The lowest BCUT2D eigenvalue weighted by Gasteiger charge is -2.15. The van der Waals surface area contributed by atoms with Gasteiger partial charge in [0.15, 0.2) is 5.96 Å². The predicted molar refractivity (Wildman–Crippen MR) is 114 cm³/mol. The molecular weight excluding hydrogens is 455 g/mol. The molecule has 0 saturated heterocycles. The Morgan fingerprint density at radius 1 is 1.32 bits per heavy atom. The van der Waals surface area contributed by atoms with E-state index in [1.807, 2.05) is 38.1 Å². The number of sulfonamides is 1. The van der Waals surface area contributed by atoms with E-state index in [1.54, 1.807) is 14.0 Å². The first kappa shape index (κ1) is 23.9. The molecule has 0 aromatic heterocycles. The number of nitrogens with two attached hydrogens (primary N) is 1. The summed E-state index contributed by atoms with van der Waals surface area (Å²) in [4.78, 5) is 4.20. The number of aliphatic imine (C=N–C) groups is 1. The average Bonchev–Trinajstić information content (AvgIpc) is 2.52. The maximum atomic E-state index is 11.6. The van der Waals surface area contributed by atoms with Crippen molar-refractivity contribution in [3.05, 3.63) is 24.3 Å². The molecule has 144 valence electrons.